The predicted octanol–water partition coefficient (Wildman–Crippen LogP) is 3.83. The Balaban J connectivity index is 2.09. The molecule has 0 amide bonds. The van der Waals surface area contributed by atoms with Crippen LogP contribution < -0.4 is 10.1 Å². The summed E-state index contributed by atoms with van der Waals surface area (Å²) < 4.78 is 68.8. The smallest absolute Gasteiger partial charge is 0.497 e. The number of ether oxygens (including phenoxy) is 1. The predicted molar refractivity (Wildman–Crippen MR) is 108 cm³/mol. The van der Waals surface area contributed by atoms with E-state index in [2.05, 4.69) is 10.3 Å². The second kappa shape index (κ2) is 8.49. The monoisotopic (exact) mass is 470 g/mol. The van der Waals surface area contributed by atoms with Gasteiger partial charge in [-0.2, -0.15) is 13.2 Å². The molecule has 3 rings (SSSR count). The zero-order chi connectivity index (χ0) is 23.7. The number of benzene rings is 2. The summed E-state index contributed by atoms with van der Waals surface area (Å²) in [6.07, 6.45) is 3.17. The summed E-state index contributed by atoms with van der Waals surface area (Å²) in [6, 6.07) is 7.95. The lowest BCUT2D eigenvalue weighted by atomic mass is 10.0. The highest BCUT2D eigenvalue weighted by Gasteiger charge is 2.47. The third kappa shape index (κ3) is 4.37. The minimum atomic E-state index is -5.75. The Morgan fingerprint density at radius 3 is 2.34 bits per heavy atom. The zero-order valence-corrected chi connectivity index (χ0v) is 17.5. The molecule has 13 heteroatoms. The number of imidazole rings is 1. The maximum atomic E-state index is 12.9. The number of alkyl halides is 3. The maximum Gasteiger partial charge on any atom is 0.501 e. The van der Waals surface area contributed by atoms with Crippen LogP contribution in [0.25, 0.3) is 0 Å². The van der Waals surface area contributed by atoms with E-state index in [1.807, 2.05) is 0 Å². The molecule has 0 radical (unpaired) electrons. The van der Waals surface area contributed by atoms with E-state index in [4.69, 9.17) is 4.74 Å². The Morgan fingerprint density at radius 1 is 1.19 bits per heavy atom. The van der Waals surface area contributed by atoms with Crippen LogP contribution in [-0.2, 0) is 16.9 Å². The third-order valence-electron chi connectivity index (χ3n) is 4.65. The van der Waals surface area contributed by atoms with Crippen LogP contribution in [0.4, 0.5) is 24.5 Å². The molecule has 1 heterocycles. The molecule has 2 aromatic carbocycles. The van der Waals surface area contributed by atoms with Crippen LogP contribution in [0, 0.1) is 10.1 Å². The average Bonchev–Trinajstić information content (AvgIpc) is 3.16. The van der Waals surface area contributed by atoms with Gasteiger partial charge in [-0.15, -0.1) is 0 Å². The van der Waals surface area contributed by atoms with Crippen molar-refractivity contribution in [3.63, 3.8) is 0 Å². The van der Waals surface area contributed by atoms with Crippen molar-refractivity contribution in [3.05, 3.63) is 76.4 Å². The molecule has 0 spiro atoms. The average molecular weight is 470 g/mol. The number of nitro benzene ring substituents is 1. The normalized spacial score (nSPS) is 12.9. The van der Waals surface area contributed by atoms with Gasteiger partial charge in [-0.05, 0) is 29.8 Å². The molecule has 0 aliphatic rings. The number of methoxy groups -OCH3 is 1. The van der Waals surface area contributed by atoms with E-state index in [1.165, 1.54) is 13.3 Å². The van der Waals surface area contributed by atoms with E-state index < -0.39 is 36.9 Å². The van der Waals surface area contributed by atoms with E-state index in [0.717, 1.165) is 6.07 Å². The highest BCUT2D eigenvalue weighted by Crippen LogP contribution is 2.37. The molecule has 170 valence electrons. The summed E-state index contributed by atoms with van der Waals surface area (Å²) in [7, 11) is -2.56. The van der Waals surface area contributed by atoms with E-state index in [9.17, 15) is 31.7 Å². The number of hydrogen-bond acceptors (Lipinski definition) is 7. The van der Waals surface area contributed by atoms with Crippen LogP contribution >= 0.6 is 0 Å². The molecule has 3 aromatic rings. The summed E-state index contributed by atoms with van der Waals surface area (Å²) in [6.45, 7) is 0. The second-order valence-corrected chi connectivity index (χ2v) is 8.57. The van der Waals surface area contributed by atoms with Gasteiger partial charge in [-0.1, -0.05) is 12.1 Å². The Bertz CT molecular complexity index is 1240. The Morgan fingerprint density at radius 2 is 1.84 bits per heavy atom. The topological polar surface area (TPSA) is 116 Å². The maximum absolute atomic E-state index is 12.9. The van der Waals surface area contributed by atoms with Crippen molar-refractivity contribution >= 4 is 21.2 Å². The Hall–Kier alpha value is -3.61. The molecule has 0 aliphatic carbocycles. The van der Waals surface area contributed by atoms with Gasteiger partial charge in [0.2, 0.25) is 0 Å². The number of sulfone groups is 1. The van der Waals surface area contributed by atoms with Gasteiger partial charge in [0, 0.05) is 25.5 Å². The van der Waals surface area contributed by atoms with Gasteiger partial charge in [0.1, 0.15) is 23.3 Å². The highest BCUT2D eigenvalue weighted by molar-refractivity contribution is 7.92. The van der Waals surface area contributed by atoms with Crippen LogP contribution in [0.2, 0.25) is 0 Å². The number of aryl methyl sites for hydroxylation is 1. The number of halogens is 3. The lowest BCUT2D eigenvalue weighted by molar-refractivity contribution is -0.384. The fraction of sp³-hybridized carbons (Fsp3) is 0.211. The number of rotatable bonds is 7. The summed E-state index contributed by atoms with van der Waals surface area (Å²) in [5, 5.41) is 14.5. The summed E-state index contributed by atoms with van der Waals surface area (Å²) in [5.74, 6) is 1.02. The van der Waals surface area contributed by atoms with Crippen molar-refractivity contribution in [2.45, 2.75) is 16.4 Å². The van der Waals surface area contributed by atoms with Crippen LogP contribution in [0.15, 0.2) is 59.8 Å². The minimum absolute atomic E-state index is 0.181. The van der Waals surface area contributed by atoms with E-state index in [-0.39, 0.29) is 5.69 Å². The fourth-order valence-corrected chi connectivity index (χ4v) is 3.77. The molecule has 9 nitrogen and oxygen atoms in total. The van der Waals surface area contributed by atoms with Crippen molar-refractivity contribution in [3.8, 4) is 5.75 Å². The van der Waals surface area contributed by atoms with Crippen LogP contribution in [0.3, 0.4) is 0 Å². The van der Waals surface area contributed by atoms with Gasteiger partial charge in [0.25, 0.3) is 15.5 Å². The quantitative estimate of drug-likeness (QED) is 0.412. The first-order valence-electron chi connectivity index (χ1n) is 8.93. The molecule has 0 aliphatic heterocycles. The Labute approximate surface area is 180 Å². The van der Waals surface area contributed by atoms with Gasteiger partial charge in [-0.25, -0.2) is 13.4 Å². The van der Waals surface area contributed by atoms with Crippen molar-refractivity contribution < 1.29 is 31.2 Å². The molecule has 0 bridgehead atoms. The van der Waals surface area contributed by atoms with Crippen LogP contribution in [0.1, 0.15) is 17.4 Å². The molecule has 1 atom stereocenters. The molecule has 1 N–H and O–H groups in total. The van der Waals surface area contributed by atoms with E-state index in [1.54, 1.807) is 42.1 Å². The highest BCUT2D eigenvalue weighted by atomic mass is 32.2. The molecule has 1 aromatic heterocycles. The van der Waals surface area contributed by atoms with Gasteiger partial charge in [-0.3, -0.25) is 10.1 Å². The molecule has 0 unspecified atom stereocenters. The van der Waals surface area contributed by atoms with Gasteiger partial charge >= 0.3 is 5.51 Å². The molecule has 0 fully saturated rings. The van der Waals surface area contributed by atoms with Gasteiger partial charge in [0.05, 0.1) is 16.9 Å². The summed E-state index contributed by atoms with van der Waals surface area (Å²) >= 11 is 0. The fourth-order valence-electron chi connectivity index (χ4n) is 2.99. The Kier molecular flexibility index (Phi) is 6.12. The van der Waals surface area contributed by atoms with Gasteiger partial charge in [0.15, 0.2) is 0 Å². The largest absolute Gasteiger partial charge is 0.501 e. The van der Waals surface area contributed by atoms with Crippen molar-refractivity contribution in [1.29, 1.82) is 0 Å². The lowest BCUT2D eigenvalue weighted by Gasteiger charge is -2.21. The van der Waals surface area contributed by atoms with Gasteiger partial charge < -0.3 is 14.6 Å². The second-order valence-electron chi connectivity index (χ2n) is 6.63. The molecule has 0 saturated carbocycles. The number of nitrogens with one attached hydrogen (secondary N) is 1. The van der Waals surface area contributed by atoms with E-state index >= 15 is 0 Å². The minimum Gasteiger partial charge on any atom is -0.497 e. The molecular weight excluding hydrogens is 453 g/mol. The zero-order valence-electron chi connectivity index (χ0n) is 16.7. The number of nitrogens with zero attached hydrogens (tertiary/aromatic N) is 3. The SMILES string of the molecule is COc1ccc([C@@H](Nc2ccc(S(=O)(=O)C(F)(F)F)cc2[N+](=O)[O-])c2nccn2C)cc1. The third-order valence-corrected chi connectivity index (χ3v) is 6.13. The first-order valence-corrected chi connectivity index (χ1v) is 10.4. The van der Waals surface area contributed by atoms with Crippen molar-refractivity contribution in [2.75, 3.05) is 12.4 Å². The van der Waals surface area contributed by atoms with E-state index in [0.29, 0.717) is 29.3 Å². The van der Waals surface area contributed by atoms with Crippen molar-refractivity contribution in [2.24, 2.45) is 7.05 Å². The number of anilines is 1. The lowest BCUT2D eigenvalue weighted by Crippen LogP contribution is -2.23. The molecule has 32 heavy (non-hydrogen) atoms. The summed E-state index contributed by atoms with van der Waals surface area (Å²) in [4.78, 5) is 13.6. The van der Waals surface area contributed by atoms with Crippen LogP contribution in [-0.4, -0.2) is 35.5 Å². The number of hydrogen-bond donors (Lipinski definition) is 1. The summed E-state index contributed by atoms with van der Waals surface area (Å²) in [5.41, 5.74) is -5.97. The first-order chi connectivity index (χ1) is 15.0. The number of nitro groups is 1. The van der Waals surface area contributed by atoms with Crippen molar-refractivity contribution in [1.82, 2.24) is 9.55 Å². The molecular formula is C19H17F3N4O5S. The standard InChI is InChI=1S/C19H17F3N4O5S/c1-25-10-9-23-18(25)17(12-3-5-13(31-2)6-4-12)24-15-8-7-14(11-16(15)26(27)28)32(29,30)19(20,21)22/h3-11,17,24H,1-2H3/t17-/m1/s1. The first kappa shape index (κ1) is 23.1. The molecule has 0 saturated heterocycles. The van der Waals surface area contributed by atoms with Crippen LogP contribution in [0.5, 0.6) is 5.75 Å². The number of aromatic nitrogens is 2.